The summed E-state index contributed by atoms with van der Waals surface area (Å²) in [6.45, 7) is 1.74. The second-order valence-electron chi connectivity index (χ2n) is 4.97. The summed E-state index contributed by atoms with van der Waals surface area (Å²) in [4.78, 5) is 12.0. The van der Waals surface area contributed by atoms with Gasteiger partial charge in [-0.25, -0.2) is 17.5 Å². The fraction of sp³-hybridized carbons (Fsp3) is 0.133. The van der Waals surface area contributed by atoms with Crippen LogP contribution in [0.3, 0.4) is 0 Å². The number of rotatable bonds is 6. The van der Waals surface area contributed by atoms with E-state index in [9.17, 15) is 17.6 Å². The number of sulfonamides is 1. The van der Waals surface area contributed by atoms with E-state index in [1.807, 2.05) is 0 Å². The Morgan fingerprint density at radius 1 is 1.12 bits per heavy atom. The van der Waals surface area contributed by atoms with Crippen LogP contribution in [-0.4, -0.2) is 20.9 Å². The number of carbonyl (C=O) groups excluding carboxylic acids is 1. The Balaban J connectivity index is 2.25. The normalized spacial score (nSPS) is 11.3. The zero-order chi connectivity index (χ0) is 19.5. The van der Waals surface area contributed by atoms with Gasteiger partial charge in [0.15, 0.2) is 0 Å². The van der Waals surface area contributed by atoms with Crippen molar-refractivity contribution in [2.75, 3.05) is 12.0 Å². The zero-order valence-corrected chi connectivity index (χ0v) is 16.3. The monoisotopic (exact) mass is 439 g/mol. The minimum absolute atomic E-state index is 0.131. The minimum atomic E-state index is -3.84. The predicted molar refractivity (Wildman–Crippen MR) is 99.8 cm³/mol. The van der Waals surface area contributed by atoms with Gasteiger partial charge in [0.25, 0.3) is 5.91 Å². The summed E-state index contributed by atoms with van der Waals surface area (Å²) in [5.74, 6) is -1.81. The van der Waals surface area contributed by atoms with Crippen LogP contribution in [0.1, 0.15) is 17.3 Å². The molecule has 2 rings (SSSR count). The standard InChI is InChI=1S/C15H13Cl3FN3O3S/c1-2-20-26(24,25)9-3-4-13(19)10(7-9)15(23)22-21-14-11(17)5-8(16)6-12(14)18/h3-7,20-21H,2H2,1H3,(H,22,23). The van der Waals surface area contributed by atoms with Crippen molar-refractivity contribution in [3.05, 3.63) is 56.8 Å². The molecule has 0 saturated heterocycles. The number of benzene rings is 2. The number of halogens is 4. The fourth-order valence-corrected chi connectivity index (χ4v) is 3.95. The zero-order valence-electron chi connectivity index (χ0n) is 13.2. The lowest BCUT2D eigenvalue weighted by atomic mass is 10.2. The van der Waals surface area contributed by atoms with Crippen molar-refractivity contribution in [1.29, 1.82) is 0 Å². The summed E-state index contributed by atoms with van der Waals surface area (Å²) >= 11 is 17.7. The number of hydrogen-bond donors (Lipinski definition) is 3. The molecular weight excluding hydrogens is 428 g/mol. The van der Waals surface area contributed by atoms with E-state index >= 15 is 0 Å². The third kappa shape index (κ3) is 4.77. The summed E-state index contributed by atoms with van der Waals surface area (Å²) in [6, 6.07) is 5.67. The van der Waals surface area contributed by atoms with Crippen molar-refractivity contribution in [1.82, 2.24) is 10.1 Å². The number of hydrogen-bond acceptors (Lipinski definition) is 4. The summed E-state index contributed by atoms with van der Waals surface area (Å²) < 4.78 is 40.2. The third-order valence-corrected chi connectivity index (χ3v) is 5.49. The third-order valence-electron chi connectivity index (χ3n) is 3.14. The molecule has 2 aromatic carbocycles. The second-order valence-corrected chi connectivity index (χ2v) is 7.98. The van der Waals surface area contributed by atoms with Crippen LogP contribution in [0.15, 0.2) is 35.2 Å². The molecule has 0 fully saturated rings. The van der Waals surface area contributed by atoms with Crippen molar-refractivity contribution in [3.63, 3.8) is 0 Å². The van der Waals surface area contributed by atoms with E-state index in [0.717, 1.165) is 18.2 Å². The van der Waals surface area contributed by atoms with E-state index < -0.39 is 27.3 Å². The highest BCUT2D eigenvalue weighted by Crippen LogP contribution is 2.33. The Kier molecular flexibility index (Phi) is 6.70. The van der Waals surface area contributed by atoms with Gasteiger partial charge in [-0.1, -0.05) is 41.7 Å². The van der Waals surface area contributed by atoms with Crippen LogP contribution in [0, 0.1) is 5.82 Å². The first-order valence-corrected chi connectivity index (χ1v) is 9.77. The van der Waals surface area contributed by atoms with Gasteiger partial charge in [-0.05, 0) is 30.3 Å². The lowest BCUT2D eigenvalue weighted by Crippen LogP contribution is -2.31. The molecule has 0 aliphatic rings. The summed E-state index contributed by atoms with van der Waals surface area (Å²) in [6.07, 6.45) is 0. The van der Waals surface area contributed by atoms with E-state index in [2.05, 4.69) is 15.6 Å². The van der Waals surface area contributed by atoms with Crippen LogP contribution in [0.4, 0.5) is 10.1 Å². The summed E-state index contributed by atoms with van der Waals surface area (Å²) in [5.41, 5.74) is 4.36. The Hall–Kier alpha value is -1.58. The molecule has 0 spiro atoms. The molecule has 0 aromatic heterocycles. The number of nitrogens with one attached hydrogen (secondary N) is 3. The molecule has 140 valence electrons. The Morgan fingerprint density at radius 3 is 2.31 bits per heavy atom. The highest BCUT2D eigenvalue weighted by Gasteiger charge is 2.19. The topological polar surface area (TPSA) is 87.3 Å². The van der Waals surface area contributed by atoms with Gasteiger partial charge in [0.1, 0.15) is 5.82 Å². The molecule has 0 atom stereocenters. The first-order valence-electron chi connectivity index (χ1n) is 7.16. The average Bonchev–Trinajstić information content (AvgIpc) is 2.53. The quantitative estimate of drug-likeness (QED) is 0.596. The SMILES string of the molecule is CCNS(=O)(=O)c1ccc(F)c(C(=O)NNc2c(Cl)cc(Cl)cc2Cl)c1. The highest BCUT2D eigenvalue weighted by molar-refractivity contribution is 7.89. The van der Waals surface area contributed by atoms with Gasteiger partial charge in [-0.2, -0.15) is 0 Å². The van der Waals surface area contributed by atoms with Crippen molar-refractivity contribution in [2.24, 2.45) is 0 Å². The van der Waals surface area contributed by atoms with Crippen molar-refractivity contribution >= 4 is 56.4 Å². The maximum Gasteiger partial charge on any atom is 0.272 e. The smallest absolute Gasteiger partial charge is 0.272 e. The minimum Gasteiger partial charge on any atom is -0.295 e. The van der Waals surface area contributed by atoms with E-state index in [1.165, 1.54) is 12.1 Å². The Morgan fingerprint density at radius 2 is 1.73 bits per heavy atom. The first-order chi connectivity index (χ1) is 12.2. The lowest BCUT2D eigenvalue weighted by Gasteiger charge is -2.13. The molecule has 11 heteroatoms. The van der Waals surface area contributed by atoms with Crippen LogP contribution < -0.4 is 15.6 Å². The van der Waals surface area contributed by atoms with E-state index in [-0.39, 0.29) is 27.2 Å². The van der Waals surface area contributed by atoms with Crippen LogP contribution >= 0.6 is 34.8 Å². The van der Waals surface area contributed by atoms with Gasteiger partial charge in [0, 0.05) is 11.6 Å². The van der Waals surface area contributed by atoms with Crippen molar-refractivity contribution < 1.29 is 17.6 Å². The predicted octanol–water partition coefficient (Wildman–Crippen LogP) is 3.84. The van der Waals surface area contributed by atoms with E-state index in [1.54, 1.807) is 6.92 Å². The molecule has 0 radical (unpaired) electrons. The first kappa shape index (κ1) is 20.7. The molecule has 26 heavy (non-hydrogen) atoms. The van der Waals surface area contributed by atoms with Gasteiger partial charge in [-0.15, -0.1) is 0 Å². The molecule has 6 nitrogen and oxygen atoms in total. The molecular formula is C15H13Cl3FN3O3S. The maximum atomic E-state index is 14.0. The van der Waals surface area contributed by atoms with Crippen LogP contribution in [0.5, 0.6) is 0 Å². The number of anilines is 1. The van der Waals surface area contributed by atoms with E-state index in [0.29, 0.717) is 5.02 Å². The molecule has 0 bridgehead atoms. The fourth-order valence-electron chi connectivity index (χ4n) is 1.97. The Bertz CT molecular complexity index is 931. The van der Waals surface area contributed by atoms with Gasteiger partial charge in [0.2, 0.25) is 10.0 Å². The van der Waals surface area contributed by atoms with Gasteiger partial charge >= 0.3 is 0 Å². The van der Waals surface area contributed by atoms with E-state index in [4.69, 9.17) is 34.8 Å². The van der Waals surface area contributed by atoms with Crippen LogP contribution in [-0.2, 0) is 10.0 Å². The molecule has 0 aliphatic heterocycles. The lowest BCUT2D eigenvalue weighted by molar-refractivity contribution is 0.0958. The molecule has 0 heterocycles. The second kappa shape index (κ2) is 8.41. The molecule has 3 N–H and O–H groups in total. The maximum absolute atomic E-state index is 14.0. The molecule has 0 aliphatic carbocycles. The summed E-state index contributed by atoms with van der Waals surface area (Å²) in [5, 5.41) is 0.558. The highest BCUT2D eigenvalue weighted by atomic mass is 35.5. The van der Waals surface area contributed by atoms with Gasteiger partial charge in [0.05, 0.1) is 26.2 Å². The van der Waals surface area contributed by atoms with Crippen LogP contribution in [0.2, 0.25) is 15.1 Å². The van der Waals surface area contributed by atoms with Gasteiger partial charge in [-0.3, -0.25) is 15.6 Å². The molecule has 0 unspecified atom stereocenters. The molecule has 2 aromatic rings. The van der Waals surface area contributed by atoms with Crippen molar-refractivity contribution in [3.8, 4) is 0 Å². The largest absolute Gasteiger partial charge is 0.295 e. The number of hydrazine groups is 1. The van der Waals surface area contributed by atoms with Gasteiger partial charge < -0.3 is 0 Å². The van der Waals surface area contributed by atoms with Crippen LogP contribution in [0.25, 0.3) is 0 Å². The average molecular weight is 441 g/mol. The molecule has 1 amide bonds. The molecule has 0 saturated carbocycles. The summed E-state index contributed by atoms with van der Waals surface area (Å²) in [7, 11) is -3.84. The number of carbonyl (C=O) groups is 1. The Labute approximate surface area is 164 Å². The number of amides is 1. The van der Waals surface area contributed by atoms with Crippen molar-refractivity contribution in [2.45, 2.75) is 11.8 Å².